The molecule has 2 N–H and O–H groups in total. The monoisotopic (exact) mass is 562 g/mol. The molecule has 0 spiro atoms. The van der Waals surface area contributed by atoms with E-state index >= 15 is 0 Å². The first-order valence-electron chi connectivity index (χ1n) is 10.2. The molecule has 170 valence electrons. The van der Waals surface area contributed by atoms with Crippen molar-refractivity contribution in [2.24, 2.45) is 0 Å². The van der Waals surface area contributed by atoms with Gasteiger partial charge in [0.05, 0.1) is 15.6 Å². The smallest absolute Gasteiger partial charge is 0.264 e. The minimum atomic E-state index is -0.294. The summed E-state index contributed by atoms with van der Waals surface area (Å²) in [6.45, 7) is 2.68. The Hall–Kier alpha value is -2.46. The van der Waals surface area contributed by atoms with E-state index in [0.717, 1.165) is 15.0 Å². The van der Waals surface area contributed by atoms with E-state index in [4.69, 9.17) is 23.8 Å². The van der Waals surface area contributed by atoms with Crippen LogP contribution in [0.3, 0.4) is 0 Å². The molecule has 1 aliphatic heterocycles. The van der Waals surface area contributed by atoms with Gasteiger partial charge < -0.3 is 15.1 Å². The molecule has 0 saturated carbocycles. The Morgan fingerprint density at radius 3 is 2.39 bits per heavy atom. The van der Waals surface area contributed by atoms with Crippen LogP contribution in [-0.2, 0) is 0 Å². The van der Waals surface area contributed by atoms with Crippen LogP contribution in [0.2, 0.25) is 5.02 Å². The molecule has 1 saturated heterocycles. The lowest BCUT2D eigenvalue weighted by atomic mass is 10.2. The molecule has 1 aliphatic rings. The number of rotatable bonds is 4. The molecule has 0 atom stereocenters. The van der Waals surface area contributed by atoms with Crippen molar-refractivity contribution in [1.82, 2.24) is 10.2 Å². The lowest BCUT2D eigenvalue weighted by Crippen LogP contribution is -2.48. The van der Waals surface area contributed by atoms with Crippen molar-refractivity contribution in [2.45, 2.75) is 0 Å². The number of thiocarbonyl (C=S) groups is 1. The number of hydrogen-bond acceptors (Lipinski definition) is 5. The second kappa shape index (κ2) is 10.6. The molecular weight excluding hydrogens is 544 g/mol. The van der Waals surface area contributed by atoms with Crippen molar-refractivity contribution in [2.75, 3.05) is 36.4 Å². The van der Waals surface area contributed by atoms with Gasteiger partial charge in [-0.2, -0.15) is 0 Å². The van der Waals surface area contributed by atoms with Crippen LogP contribution in [0.25, 0.3) is 0 Å². The highest BCUT2D eigenvalue weighted by atomic mass is 79.9. The first-order valence-corrected chi connectivity index (χ1v) is 12.6. The minimum Gasteiger partial charge on any atom is -0.367 e. The summed E-state index contributed by atoms with van der Waals surface area (Å²) in [7, 11) is 0. The van der Waals surface area contributed by atoms with E-state index in [1.807, 2.05) is 34.5 Å². The van der Waals surface area contributed by atoms with Gasteiger partial charge in [-0.25, -0.2) is 0 Å². The van der Waals surface area contributed by atoms with Gasteiger partial charge >= 0.3 is 0 Å². The average Bonchev–Trinajstić information content (AvgIpc) is 3.34. The Morgan fingerprint density at radius 1 is 1.03 bits per heavy atom. The van der Waals surface area contributed by atoms with Gasteiger partial charge in [0.2, 0.25) is 0 Å². The Kier molecular flexibility index (Phi) is 7.64. The van der Waals surface area contributed by atoms with Crippen molar-refractivity contribution in [3.8, 4) is 0 Å². The molecule has 6 nitrogen and oxygen atoms in total. The number of hydrogen-bond donors (Lipinski definition) is 2. The zero-order chi connectivity index (χ0) is 23.4. The quantitative estimate of drug-likeness (QED) is 0.425. The Morgan fingerprint density at radius 2 is 1.76 bits per heavy atom. The first kappa shape index (κ1) is 23.7. The van der Waals surface area contributed by atoms with E-state index < -0.39 is 0 Å². The minimum absolute atomic E-state index is 0.0778. The zero-order valence-electron chi connectivity index (χ0n) is 17.4. The fraction of sp³-hybridized carbons (Fsp3) is 0.174. The van der Waals surface area contributed by atoms with Gasteiger partial charge in [0.25, 0.3) is 11.8 Å². The highest BCUT2D eigenvalue weighted by molar-refractivity contribution is 9.10. The van der Waals surface area contributed by atoms with Crippen LogP contribution >= 0.6 is 51.1 Å². The van der Waals surface area contributed by atoms with Gasteiger partial charge in [-0.1, -0.05) is 33.6 Å². The Labute approximate surface area is 214 Å². The summed E-state index contributed by atoms with van der Waals surface area (Å²) in [5, 5.41) is 8.33. The standard InChI is InChI=1S/C23H20BrClN4O2S2/c24-16-5-3-15(4-6-16)21(30)27-23(32)26-17-7-8-19(18(25)14-17)28-9-11-29(12-10-28)22(31)20-2-1-13-33-20/h1-8,13-14H,9-12H2,(H2,26,27,30,32). The maximum absolute atomic E-state index is 12.5. The number of carbonyl (C=O) groups is 2. The van der Waals surface area contributed by atoms with Crippen LogP contribution in [0, 0.1) is 0 Å². The molecule has 0 aliphatic carbocycles. The van der Waals surface area contributed by atoms with Gasteiger partial charge in [-0.3, -0.25) is 14.9 Å². The van der Waals surface area contributed by atoms with Crippen molar-refractivity contribution >= 4 is 79.4 Å². The second-order valence-electron chi connectivity index (χ2n) is 7.34. The second-order valence-corrected chi connectivity index (χ2v) is 10.0. The summed E-state index contributed by atoms with van der Waals surface area (Å²) in [5.41, 5.74) is 2.08. The van der Waals surface area contributed by atoms with E-state index in [2.05, 4.69) is 31.5 Å². The number of carbonyl (C=O) groups excluding carboxylic acids is 2. The van der Waals surface area contributed by atoms with Crippen molar-refractivity contribution < 1.29 is 9.59 Å². The van der Waals surface area contributed by atoms with Gasteiger partial charge in [0.15, 0.2) is 5.11 Å². The molecule has 10 heteroatoms. The molecular formula is C23H20BrClN4O2S2. The molecule has 3 aromatic rings. The van der Waals surface area contributed by atoms with Crippen molar-refractivity contribution in [3.05, 3.63) is 79.9 Å². The van der Waals surface area contributed by atoms with Crippen LogP contribution in [0.1, 0.15) is 20.0 Å². The topological polar surface area (TPSA) is 64.7 Å². The van der Waals surface area contributed by atoms with E-state index in [0.29, 0.717) is 42.5 Å². The van der Waals surface area contributed by atoms with Gasteiger partial charge in [0, 0.05) is 41.9 Å². The SMILES string of the molecule is O=C(NC(=S)Nc1ccc(N2CCN(C(=O)c3cccs3)CC2)c(Cl)c1)c1ccc(Br)cc1. The van der Waals surface area contributed by atoms with Crippen LogP contribution < -0.4 is 15.5 Å². The molecule has 2 aromatic carbocycles. The molecule has 2 amide bonds. The third kappa shape index (κ3) is 5.92. The zero-order valence-corrected chi connectivity index (χ0v) is 21.4. The summed E-state index contributed by atoms with van der Waals surface area (Å²) in [6, 6.07) is 16.3. The summed E-state index contributed by atoms with van der Waals surface area (Å²) in [6.07, 6.45) is 0. The number of benzene rings is 2. The predicted octanol–water partition coefficient (Wildman–Crippen LogP) is 5.25. The molecule has 1 fully saturated rings. The molecule has 1 aromatic heterocycles. The summed E-state index contributed by atoms with van der Waals surface area (Å²) in [5.74, 6) is -0.216. The number of thiophene rings is 1. The fourth-order valence-corrected chi connectivity index (χ4v) is 4.95. The molecule has 0 radical (unpaired) electrons. The summed E-state index contributed by atoms with van der Waals surface area (Å²) >= 11 is 16.6. The van der Waals surface area contributed by atoms with Crippen LogP contribution in [0.5, 0.6) is 0 Å². The lowest BCUT2D eigenvalue weighted by Gasteiger charge is -2.36. The largest absolute Gasteiger partial charge is 0.367 e. The molecule has 4 rings (SSSR count). The third-order valence-electron chi connectivity index (χ3n) is 5.18. The Bertz CT molecular complexity index is 1160. The van der Waals surface area contributed by atoms with Crippen LogP contribution in [-0.4, -0.2) is 48.0 Å². The van der Waals surface area contributed by atoms with E-state index in [1.54, 1.807) is 30.3 Å². The average molecular weight is 564 g/mol. The van der Waals surface area contributed by atoms with Crippen LogP contribution in [0.15, 0.2) is 64.5 Å². The number of nitrogens with zero attached hydrogens (tertiary/aromatic N) is 2. The highest BCUT2D eigenvalue weighted by Crippen LogP contribution is 2.30. The normalized spacial score (nSPS) is 13.5. The maximum Gasteiger partial charge on any atom is 0.264 e. The highest BCUT2D eigenvalue weighted by Gasteiger charge is 2.24. The lowest BCUT2D eigenvalue weighted by molar-refractivity contribution is 0.0751. The molecule has 0 unspecified atom stereocenters. The van der Waals surface area contributed by atoms with E-state index in [9.17, 15) is 9.59 Å². The number of amides is 2. The number of halogens is 2. The van der Waals surface area contributed by atoms with E-state index in [1.165, 1.54) is 11.3 Å². The maximum atomic E-state index is 12.5. The molecule has 2 heterocycles. The number of nitrogens with one attached hydrogen (secondary N) is 2. The first-order chi connectivity index (χ1) is 15.9. The van der Waals surface area contributed by atoms with Crippen molar-refractivity contribution in [1.29, 1.82) is 0 Å². The number of piperazine rings is 1. The third-order valence-corrected chi connectivity index (χ3v) is 7.07. The van der Waals surface area contributed by atoms with Gasteiger partial charge in [-0.05, 0) is 66.1 Å². The predicted molar refractivity (Wildman–Crippen MR) is 142 cm³/mol. The Balaban J connectivity index is 1.32. The van der Waals surface area contributed by atoms with Gasteiger partial charge in [-0.15, -0.1) is 11.3 Å². The summed E-state index contributed by atoms with van der Waals surface area (Å²) in [4.78, 5) is 29.7. The van der Waals surface area contributed by atoms with Gasteiger partial charge in [0.1, 0.15) is 0 Å². The summed E-state index contributed by atoms with van der Waals surface area (Å²) < 4.78 is 0.894. The van der Waals surface area contributed by atoms with Crippen molar-refractivity contribution in [3.63, 3.8) is 0 Å². The fourth-order valence-electron chi connectivity index (χ4n) is 3.49. The molecule has 0 bridgehead atoms. The van der Waals surface area contributed by atoms with Crippen LogP contribution in [0.4, 0.5) is 11.4 Å². The van der Waals surface area contributed by atoms with E-state index in [-0.39, 0.29) is 16.9 Å². The molecule has 33 heavy (non-hydrogen) atoms. The number of anilines is 2.